The second-order valence-corrected chi connectivity index (χ2v) is 6.00. The number of nitrogens with zero attached hydrogens (tertiary/aromatic N) is 1. The highest BCUT2D eigenvalue weighted by atomic mass is 32.1. The van der Waals surface area contributed by atoms with Gasteiger partial charge in [0.15, 0.2) is 11.4 Å². The summed E-state index contributed by atoms with van der Waals surface area (Å²) < 4.78 is 0. The van der Waals surface area contributed by atoms with Crippen LogP contribution in [0.3, 0.4) is 0 Å². The van der Waals surface area contributed by atoms with Crippen LogP contribution in [0.5, 0.6) is 0 Å². The zero-order valence-electron chi connectivity index (χ0n) is 11.7. The quantitative estimate of drug-likeness (QED) is 0.695. The molecule has 0 bridgehead atoms. The van der Waals surface area contributed by atoms with E-state index in [0.29, 0.717) is 16.1 Å². The molecule has 1 N–H and O–H groups in total. The minimum absolute atomic E-state index is 0.0609. The molecular weight excluding hydrogens is 298 g/mol. The van der Waals surface area contributed by atoms with Gasteiger partial charge in [-0.2, -0.15) is 0 Å². The summed E-state index contributed by atoms with van der Waals surface area (Å²) in [7, 11) is 0. The van der Waals surface area contributed by atoms with E-state index in [0.717, 1.165) is 0 Å². The zero-order chi connectivity index (χ0) is 15.7. The third-order valence-corrected chi connectivity index (χ3v) is 4.61. The summed E-state index contributed by atoms with van der Waals surface area (Å²) in [4.78, 5) is 26.8. The number of amides is 1. The first-order valence-electron chi connectivity index (χ1n) is 6.72. The summed E-state index contributed by atoms with van der Waals surface area (Å²) in [6.45, 7) is 0.0609. The van der Waals surface area contributed by atoms with Gasteiger partial charge in [0.1, 0.15) is 0 Å². The third kappa shape index (κ3) is 2.13. The van der Waals surface area contributed by atoms with Crippen molar-refractivity contribution in [2.45, 2.75) is 12.0 Å². The maximum atomic E-state index is 12.6. The predicted octanol–water partition coefficient (Wildman–Crippen LogP) is 2.19. The normalized spacial score (nSPS) is 19.8. The molecular formula is C17H13NO3S. The van der Waals surface area contributed by atoms with Gasteiger partial charge in [-0.05, 0) is 17.5 Å². The van der Waals surface area contributed by atoms with E-state index in [2.05, 4.69) is 5.92 Å². The van der Waals surface area contributed by atoms with Crippen LogP contribution in [0.4, 0.5) is 5.69 Å². The maximum Gasteiger partial charge on any atom is 0.265 e. The van der Waals surface area contributed by atoms with Crippen molar-refractivity contribution in [3.05, 3.63) is 52.2 Å². The minimum Gasteiger partial charge on any atom is -0.375 e. The highest BCUT2D eigenvalue weighted by Gasteiger charge is 2.50. The summed E-state index contributed by atoms with van der Waals surface area (Å²) >= 11 is 1.29. The van der Waals surface area contributed by atoms with Crippen molar-refractivity contribution >= 4 is 28.7 Å². The Labute approximate surface area is 132 Å². The molecule has 1 aliphatic rings. The fraction of sp³-hybridized carbons (Fsp3) is 0.176. The lowest BCUT2D eigenvalue weighted by Gasteiger charge is -2.21. The van der Waals surface area contributed by atoms with Gasteiger partial charge in [0.05, 0.1) is 23.5 Å². The molecule has 110 valence electrons. The Balaban J connectivity index is 2.00. The van der Waals surface area contributed by atoms with E-state index in [4.69, 9.17) is 6.42 Å². The van der Waals surface area contributed by atoms with Crippen LogP contribution in [0.15, 0.2) is 41.8 Å². The van der Waals surface area contributed by atoms with Crippen LogP contribution in [0.25, 0.3) is 0 Å². The molecule has 0 aliphatic carbocycles. The van der Waals surface area contributed by atoms with Crippen LogP contribution >= 0.6 is 11.3 Å². The number of benzene rings is 1. The molecule has 1 amide bonds. The van der Waals surface area contributed by atoms with E-state index in [9.17, 15) is 14.7 Å². The van der Waals surface area contributed by atoms with Crippen molar-refractivity contribution in [3.8, 4) is 12.3 Å². The minimum atomic E-state index is -1.85. The third-order valence-electron chi connectivity index (χ3n) is 3.70. The zero-order valence-corrected chi connectivity index (χ0v) is 12.5. The molecule has 1 aliphatic heterocycles. The van der Waals surface area contributed by atoms with Crippen molar-refractivity contribution in [2.24, 2.45) is 0 Å². The number of carbonyl (C=O) groups is 2. The van der Waals surface area contributed by atoms with Crippen molar-refractivity contribution < 1.29 is 14.7 Å². The van der Waals surface area contributed by atoms with Crippen LogP contribution in [-0.2, 0) is 10.4 Å². The van der Waals surface area contributed by atoms with Crippen molar-refractivity contribution in [1.82, 2.24) is 0 Å². The van der Waals surface area contributed by atoms with Crippen molar-refractivity contribution in [2.75, 3.05) is 11.4 Å². The van der Waals surface area contributed by atoms with Crippen LogP contribution < -0.4 is 4.90 Å². The van der Waals surface area contributed by atoms with Gasteiger partial charge in [0.2, 0.25) is 0 Å². The van der Waals surface area contributed by atoms with Gasteiger partial charge in [-0.3, -0.25) is 14.5 Å². The molecule has 2 aromatic rings. The number of hydrogen-bond donors (Lipinski definition) is 1. The van der Waals surface area contributed by atoms with E-state index in [1.807, 2.05) is 0 Å². The lowest BCUT2D eigenvalue weighted by Crippen LogP contribution is -2.41. The van der Waals surface area contributed by atoms with Gasteiger partial charge in [-0.15, -0.1) is 17.8 Å². The van der Waals surface area contributed by atoms with E-state index < -0.39 is 11.5 Å². The molecule has 5 heteroatoms. The number of para-hydroxylation sites is 1. The number of Topliss-reactive ketones (excluding diaryl/α,β-unsaturated/α-hetero) is 1. The van der Waals surface area contributed by atoms with Gasteiger partial charge in [-0.25, -0.2) is 0 Å². The lowest BCUT2D eigenvalue weighted by atomic mass is 9.89. The standard InChI is InChI=1S/C17H13NO3S/c1-2-9-18-13-7-4-3-6-12(13)17(21,16(18)20)11-14(19)15-8-5-10-22-15/h1,3-8,10,21H,9,11H2/t17-/m1/s1. The molecule has 4 nitrogen and oxygen atoms in total. The average Bonchev–Trinajstić information content (AvgIpc) is 3.11. The SMILES string of the molecule is C#CCN1C(=O)[C@@](O)(CC(=O)c2cccs2)c2ccccc21. The van der Waals surface area contributed by atoms with Gasteiger partial charge in [0.25, 0.3) is 5.91 Å². The molecule has 1 atom stereocenters. The molecule has 0 radical (unpaired) electrons. The number of thiophene rings is 1. The Morgan fingerprint density at radius 2 is 2.09 bits per heavy atom. The maximum absolute atomic E-state index is 12.6. The highest BCUT2D eigenvalue weighted by molar-refractivity contribution is 7.12. The molecule has 1 aromatic carbocycles. The van der Waals surface area contributed by atoms with Crippen LogP contribution in [0, 0.1) is 12.3 Å². The molecule has 0 unspecified atom stereocenters. The number of aliphatic hydroxyl groups is 1. The number of anilines is 1. The van der Waals surface area contributed by atoms with Gasteiger partial charge in [-0.1, -0.05) is 30.2 Å². The second-order valence-electron chi connectivity index (χ2n) is 5.05. The molecule has 0 saturated carbocycles. The molecule has 0 saturated heterocycles. The number of hydrogen-bond acceptors (Lipinski definition) is 4. The summed E-state index contributed by atoms with van der Waals surface area (Å²) in [5.41, 5.74) is -0.860. The number of carbonyl (C=O) groups excluding carboxylic acids is 2. The Kier molecular flexibility index (Phi) is 3.57. The van der Waals surface area contributed by atoms with Crippen molar-refractivity contribution in [3.63, 3.8) is 0 Å². The Bertz CT molecular complexity index is 775. The summed E-state index contributed by atoms with van der Waals surface area (Å²) in [6, 6.07) is 10.3. The molecule has 0 fully saturated rings. The van der Waals surface area contributed by atoms with Crippen molar-refractivity contribution in [1.29, 1.82) is 0 Å². The van der Waals surface area contributed by atoms with E-state index in [1.165, 1.54) is 16.2 Å². The Morgan fingerprint density at radius 3 is 2.77 bits per heavy atom. The average molecular weight is 311 g/mol. The van der Waals surface area contributed by atoms with E-state index in [1.54, 1.807) is 41.8 Å². The highest BCUT2D eigenvalue weighted by Crippen LogP contribution is 2.42. The van der Waals surface area contributed by atoms with Gasteiger partial charge < -0.3 is 5.11 Å². The first kappa shape index (κ1) is 14.5. The molecule has 1 aromatic heterocycles. The fourth-order valence-electron chi connectivity index (χ4n) is 2.68. The first-order chi connectivity index (χ1) is 10.6. The summed E-state index contributed by atoms with van der Waals surface area (Å²) in [5, 5.41) is 12.7. The Hall–Kier alpha value is -2.42. The molecule has 2 heterocycles. The van der Waals surface area contributed by atoms with E-state index >= 15 is 0 Å². The fourth-order valence-corrected chi connectivity index (χ4v) is 3.35. The topological polar surface area (TPSA) is 57.6 Å². The summed E-state index contributed by atoms with van der Waals surface area (Å²) in [6.07, 6.45) is 5.02. The number of rotatable bonds is 4. The largest absolute Gasteiger partial charge is 0.375 e. The summed E-state index contributed by atoms with van der Waals surface area (Å²) in [5.74, 6) is 1.60. The molecule has 3 rings (SSSR count). The molecule has 22 heavy (non-hydrogen) atoms. The predicted molar refractivity (Wildman–Crippen MR) is 84.8 cm³/mol. The van der Waals surface area contributed by atoms with Gasteiger partial charge >= 0.3 is 0 Å². The number of terminal acetylenes is 1. The van der Waals surface area contributed by atoms with Crippen LogP contribution in [-0.4, -0.2) is 23.3 Å². The molecule has 0 spiro atoms. The monoisotopic (exact) mass is 311 g/mol. The second kappa shape index (κ2) is 5.41. The van der Waals surface area contributed by atoms with E-state index in [-0.39, 0.29) is 18.7 Å². The number of ketones is 1. The van der Waals surface area contributed by atoms with Crippen LogP contribution in [0.2, 0.25) is 0 Å². The first-order valence-corrected chi connectivity index (χ1v) is 7.60. The number of fused-ring (bicyclic) bond motifs is 1. The smallest absolute Gasteiger partial charge is 0.265 e. The van der Waals surface area contributed by atoms with Gasteiger partial charge in [0, 0.05) is 5.56 Å². The van der Waals surface area contributed by atoms with Crippen LogP contribution in [0.1, 0.15) is 21.7 Å². The lowest BCUT2D eigenvalue weighted by molar-refractivity contribution is -0.135. The Morgan fingerprint density at radius 1 is 1.32 bits per heavy atom.